The first-order valence-corrected chi connectivity index (χ1v) is 8.70. The quantitative estimate of drug-likeness (QED) is 0.706. The number of rotatable bonds is 7. The second-order valence-corrected chi connectivity index (χ2v) is 7.74. The van der Waals surface area contributed by atoms with Crippen LogP contribution in [-0.2, 0) is 4.74 Å². The predicted molar refractivity (Wildman–Crippen MR) is 86.5 cm³/mol. The third-order valence-electron chi connectivity index (χ3n) is 4.91. The second kappa shape index (κ2) is 7.40. The molecule has 1 saturated heterocycles. The van der Waals surface area contributed by atoms with Gasteiger partial charge in [-0.25, -0.2) is 0 Å². The van der Waals surface area contributed by atoms with E-state index < -0.39 is 0 Å². The Kier molecular flexibility index (Phi) is 6.06. The molecule has 0 aromatic heterocycles. The average Bonchev–Trinajstić information content (AvgIpc) is 2.86. The smallest absolute Gasteiger partial charge is 0.0940 e. The maximum Gasteiger partial charge on any atom is 0.0940 e. The van der Waals surface area contributed by atoms with Gasteiger partial charge in [-0.3, -0.25) is 4.90 Å². The largest absolute Gasteiger partial charge is 0.394 e. The van der Waals surface area contributed by atoms with Crippen LogP contribution in [0.2, 0.25) is 0 Å². The molecule has 1 unspecified atom stereocenters. The summed E-state index contributed by atoms with van der Waals surface area (Å²) in [6.45, 7) is 11.9. The average molecular weight is 298 g/mol. The first kappa shape index (κ1) is 17.2. The highest BCUT2D eigenvalue weighted by Gasteiger charge is 2.39. The molecule has 4 nitrogen and oxygen atoms in total. The van der Waals surface area contributed by atoms with Gasteiger partial charge in [0.1, 0.15) is 0 Å². The summed E-state index contributed by atoms with van der Waals surface area (Å²) < 4.78 is 5.94. The molecule has 0 bridgehead atoms. The topological polar surface area (TPSA) is 44.7 Å². The van der Waals surface area contributed by atoms with E-state index in [0.29, 0.717) is 5.41 Å². The van der Waals surface area contributed by atoms with Crippen molar-refractivity contribution in [2.45, 2.75) is 64.6 Å². The van der Waals surface area contributed by atoms with Gasteiger partial charge >= 0.3 is 0 Å². The molecule has 1 saturated carbocycles. The van der Waals surface area contributed by atoms with Crippen LogP contribution in [0.3, 0.4) is 0 Å². The molecule has 21 heavy (non-hydrogen) atoms. The molecule has 1 atom stereocenters. The van der Waals surface area contributed by atoms with E-state index in [1.54, 1.807) is 0 Å². The molecular formula is C17H34N2O2. The van der Waals surface area contributed by atoms with Crippen molar-refractivity contribution in [3.8, 4) is 0 Å². The van der Waals surface area contributed by atoms with Gasteiger partial charge in [0.15, 0.2) is 0 Å². The van der Waals surface area contributed by atoms with E-state index in [1.165, 1.54) is 32.1 Å². The first-order chi connectivity index (χ1) is 9.99. The van der Waals surface area contributed by atoms with E-state index in [0.717, 1.165) is 32.7 Å². The molecule has 0 spiro atoms. The summed E-state index contributed by atoms with van der Waals surface area (Å²) in [5.41, 5.74) is 0.283. The number of nitrogens with zero attached hydrogens (tertiary/aromatic N) is 1. The number of nitrogens with one attached hydrogen (secondary N) is 1. The second-order valence-electron chi connectivity index (χ2n) is 7.74. The van der Waals surface area contributed by atoms with Gasteiger partial charge in [-0.1, -0.05) is 19.8 Å². The number of hydrogen-bond acceptors (Lipinski definition) is 4. The summed E-state index contributed by atoms with van der Waals surface area (Å²) in [4.78, 5) is 2.53. The zero-order valence-corrected chi connectivity index (χ0v) is 14.2. The third kappa shape index (κ3) is 4.92. The van der Waals surface area contributed by atoms with Crippen LogP contribution in [0.5, 0.6) is 0 Å². The van der Waals surface area contributed by atoms with Crippen molar-refractivity contribution < 1.29 is 9.84 Å². The van der Waals surface area contributed by atoms with Crippen molar-refractivity contribution in [2.24, 2.45) is 5.41 Å². The van der Waals surface area contributed by atoms with Crippen molar-refractivity contribution >= 4 is 0 Å². The van der Waals surface area contributed by atoms with Crippen molar-refractivity contribution in [3.63, 3.8) is 0 Å². The third-order valence-corrected chi connectivity index (χ3v) is 4.91. The zero-order valence-electron chi connectivity index (χ0n) is 14.2. The highest BCUT2D eigenvalue weighted by molar-refractivity contribution is 4.93. The molecule has 2 rings (SSSR count). The minimum absolute atomic E-state index is 0.0317. The lowest BCUT2D eigenvalue weighted by molar-refractivity contribution is -0.153. The van der Waals surface area contributed by atoms with Crippen LogP contribution in [0.25, 0.3) is 0 Å². The molecule has 0 aromatic carbocycles. The molecule has 1 aliphatic carbocycles. The molecule has 0 aromatic rings. The standard InChI is InChI=1S/C17H34N2O2/c1-4-9-18-12-17(7-5-6-8-17)14-19-10-15(11-20)21-16(2,3)13-19/h15,18,20H,4-14H2,1-3H3. The SMILES string of the molecule is CCCNCC1(CN2CC(CO)OC(C)(C)C2)CCCC1. The number of aliphatic hydroxyl groups excluding tert-OH is 1. The van der Waals surface area contributed by atoms with Gasteiger partial charge in [0.2, 0.25) is 0 Å². The van der Waals surface area contributed by atoms with Crippen LogP contribution in [0.4, 0.5) is 0 Å². The maximum atomic E-state index is 9.48. The summed E-state index contributed by atoms with van der Waals surface area (Å²) in [6.07, 6.45) is 6.58. The molecule has 2 N–H and O–H groups in total. The Morgan fingerprint density at radius 1 is 1.29 bits per heavy atom. The molecule has 124 valence electrons. The number of morpholine rings is 1. The Morgan fingerprint density at radius 3 is 2.62 bits per heavy atom. The summed E-state index contributed by atoms with van der Waals surface area (Å²) in [7, 11) is 0. The minimum atomic E-state index is -0.151. The molecular weight excluding hydrogens is 264 g/mol. The van der Waals surface area contributed by atoms with Gasteiger partial charge in [-0.2, -0.15) is 0 Å². The molecule has 2 fully saturated rings. The molecule has 4 heteroatoms. The summed E-state index contributed by atoms with van der Waals surface area (Å²) in [5, 5.41) is 13.1. The normalized spacial score (nSPS) is 28.9. The lowest BCUT2D eigenvalue weighted by Crippen LogP contribution is -2.56. The van der Waals surface area contributed by atoms with Gasteiger partial charge in [0, 0.05) is 26.2 Å². The van der Waals surface area contributed by atoms with Crippen molar-refractivity contribution in [3.05, 3.63) is 0 Å². The Balaban J connectivity index is 1.95. The van der Waals surface area contributed by atoms with Crippen LogP contribution in [-0.4, -0.2) is 61.0 Å². The monoisotopic (exact) mass is 298 g/mol. The first-order valence-electron chi connectivity index (χ1n) is 8.70. The Morgan fingerprint density at radius 2 is 2.00 bits per heavy atom. The fourth-order valence-electron chi connectivity index (χ4n) is 4.15. The van der Waals surface area contributed by atoms with Crippen LogP contribution in [0.1, 0.15) is 52.9 Å². The van der Waals surface area contributed by atoms with Gasteiger partial charge in [0.25, 0.3) is 0 Å². The van der Waals surface area contributed by atoms with Crippen molar-refractivity contribution in [1.82, 2.24) is 10.2 Å². The predicted octanol–water partition coefficient (Wildman–Crippen LogP) is 2.02. The highest BCUT2D eigenvalue weighted by atomic mass is 16.5. The molecule has 2 aliphatic rings. The molecule has 1 aliphatic heterocycles. The fourth-order valence-corrected chi connectivity index (χ4v) is 4.15. The molecule has 0 amide bonds. The lowest BCUT2D eigenvalue weighted by Gasteiger charge is -2.45. The van der Waals surface area contributed by atoms with Crippen molar-refractivity contribution in [1.29, 1.82) is 0 Å². The van der Waals surface area contributed by atoms with E-state index in [-0.39, 0.29) is 18.3 Å². The van der Waals surface area contributed by atoms with Gasteiger partial charge in [-0.05, 0) is 45.1 Å². The maximum absolute atomic E-state index is 9.48. The number of aliphatic hydroxyl groups is 1. The van der Waals surface area contributed by atoms with Crippen LogP contribution in [0, 0.1) is 5.41 Å². The Labute approximate surface area is 130 Å². The van der Waals surface area contributed by atoms with E-state index in [4.69, 9.17) is 4.74 Å². The lowest BCUT2D eigenvalue weighted by atomic mass is 9.84. The van der Waals surface area contributed by atoms with E-state index >= 15 is 0 Å². The van der Waals surface area contributed by atoms with E-state index in [9.17, 15) is 5.11 Å². The fraction of sp³-hybridized carbons (Fsp3) is 1.00. The van der Waals surface area contributed by atoms with Crippen LogP contribution in [0.15, 0.2) is 0 Å². The summed E-state index contributed by atoms with van der Waals surface area (Å²) in [5.74, 6) is 0. The van der Waals surface area contributed by atoms with E-state index in [2.05, 4.69) is 31.0 Å². The van der Waals surface area contributed by atoms with Crippen LogP contribution < -0.4 is 5.32 Å². The minimum Gasteiger partial charge on any atom is -0.394 e. The highest BCUT2D eigenvalue weighted by Crippen LogP contribution is 2.39. The summed E-state index contributed by atoms with van der Waals surface area (Å²) in [6, 6.07) is 0. The Bertz CT molecular complexity index is 314. The van der Waals surface area contributed by atoms with E-state index in [1.807, 2.05) is 0 Å². The van der Waals surface area contributed by atoms with Gasteiger partial charge < -0.3 is 15.2 Å². The number of ether oxygens (including phenoxy) is 1. The summed E-state index contributed by atoms with van der Waals surface area (Å²) >= 11 is 0. The van der Waals surface area contributed by atoms with Crippen molar-refractivity contribution in [2.75, 3.05) is 39.3 Å². The van der Waals surface area contributed by atoms with Gasteiger partial charge in [-0.15, -0.1) is 0 Å². The van der Waals surface area contributed by atoms with Crippen LogP contribution >= 0.6 is 0 Å². The zero-order chi connectivity index (χ0) is 15.3. The Hall–Kier alpha value is -0.160. The number of hydrogen-bond donors (Lipinski definition) is 2. The van der Waals surface area contributed by atoms with Gasteiger partial charge in [0.05, 0.1) is 18.3 Å². The molecule has 1 heterocycles. The molecule has 0 radical (unpaired) electrons.